The molecule has 1 atom stereocenters. The smallest absolute Gasteiger partial charge is 0.223 e. The van der Waals surface area contributed by atoms with Crippen LogP contribution in [0.2, 0.25) is 5.02 Å². The number of aromatic nitrogens is 1. The molecule has 1 heterocycles. The Kier molecular flexibility index (Phi) is 3.93. The van der Waals surface area contributed by atoms with E-state index in [0.717, 1.165) is 0 Å². The fourth-order valence-corrected chi connectivity index (χ4v) is 2.15. The Morgan fingerprint density at radius 1 is 1.32 bits per heavy atom. The number of nitrogens with zero attached hydrogens (tertiary/aromatic N) is 1. The van der Waals surface area contributed by atoms with E-state index in [9.17, 15) is 15.0 Å². The van der Waals surface area contributed by atoms with Crippen molar-refractivity contribution in [3.05, 3.63) is 63.0 Å². The number of benzene rings is 1. The van der Waals surface area contributed by atoms with Crippen LogP contribution in [0.3, 0.4) is 0 Å². The van der Waals surface area contributed by atoms with Gasteiger partial charge in [0.1, 0.15) is 0 Å². The van der Waals surface area contributed by atoms with Crippen LogP contribution < -0.4 is 5.43 Å². The van der Waals surface area contributed by atoms with Gasteiger partial charge in [-0.1, -0.05) is 29.8 Å². The average Bonchev–Trinajstić information content (AvgIpc) is 2.40. The van der Waals surface area contributed by atoms with E-state index in [1.54, 1.807) is 35.8 Å². The van der Waals surface area contributed by atoms with E-state index in [4.69, 9.17) is 11.6 Å². The van der Waals surface area contributed by atoms with E-state index in [-0.39, 0.29) is 12.3 Å². The maximum absolute atomic E-state index is 11.3. The van der Waals surface area contributed by atoms with Crippen molar-refractivity contribution >= 4 is 11.6 Å². The molecule has 0 bridgehead atoms. The number of rotatable bonds is 3. The topological polar surface area (TPSA) is 62.5 Å². The quantitative estimate of drug-likeness (QED) is 0.906. The maximum Gasteiger partial charge on any atom is 0.223 e. The molecule has 0 aliphatic carbocycles. The summed E-state index contributed by atoms with van der Waals surface area (Å²) in [5.41, 5.74) is 0.598. The molecule has 4 nitrogen and oxygen atoms in total. The third-order valence-electron chi connectivity index (χ3n) is 3.05. The zero-order valence-corrected chi connectivity index (χ0v) is 11.1. The summed E-state index contributed by atoms with van der Waals surface area (Å²) in [6.45, 7) is 1.83. The van der Waals surface area contributed by atoms with Crippen LogP contribution in [0.5, 0.6) is 5.75 Å². The Bertz CT molecular complexity index is 651. The predicted molar refractivity (Wildman–Crippen MR) is 73.5 cm³/mol. The van der Waals surface area contributed by atoms with Crippen molar-refractivity contribution < 1.29 is 10.2 Å². The number of hydrogen-bond donors (Lipinski definition) is 2. The average molecular weight is 280 g/mol. The van der Waals surface area contributed by atoms with Crippen molar-refractivity contribution in [2.75, 3.05) is 0 Å². The van der Waals surface area contributed by atoms with Gasteiger partial charge in [-0.3, -0.25) is 4.79 Å². The van der Waals surface area contributed by atoms with Crippen LogP contribution in [0.4, 0.5) is 0 Å². The van der Waals surface area contributed by atoms with Crippen LogP contribution in [0.25, 0.3) is 0 Å². The van der Waals surface area contributed by atoms with Crippen LogP contribution in [-0.2, 0) is 6.54 Å². The molecule has 2 N–H and O–H groups in total. The van der Waals surface area contributed by atoms with Crippen LogP contribution in [0.1, 0.15) is 17.4 Å². The van der Waals surface area contributed by atoms with E-state index in [2.05, 4.69) is 0 Å². The number of pyridine rings is 1. The molecule has 0 radical (unpaired) electrons. The lowest BCUT2D eigenvalue weighted by Gasteiger charge is -2.17. The van der Waals surface area contributed by atoms with Gasteiger partial charge >= 0.3 is 0 Å². The Morgan fingerprint density at radius 2 is 2.00 bits per heavy atom. The molecular formula is C14H14ClNO3. The fourth-order valence-electron chi connectivity index (χ4n) is 1.89. The van der Waals surface area contributed by atoms with Gasteiger partial charge in [-0.25, -0.2) is 0 Å². The summed E-state index contributed by atoms with van der Waals surface area (Å²) in [7, 11) is 0. The molecule has 0 amide bonds. The van der Waals surface area contributed by atoms with E-state index in [1.165, 1.54) is 12.3 Å². The third kappa shape index (κ3) is 2.80. The van der Waals surface area contributed by atoms with Crippen molar-refractivity contribution in [1.29, 1.82) is 0 Å². The first-order chi connectivity index (χ1) is 9.00. The highest BCUT2D eigenvalue weighted by Crippen LogP contribution is 2.24. The number of hydrogen-bond acceptors (Lipinski definition) is 3. The van der Waals surface area contributed by atoms with Crippen LogP contribution in [0, 0.1) is 6.92 Å². The fraction of sp³-hybridized carbons (Fsp3) is 0.214. The highest BCUT2D eigenvalue weighted by molar-refractivity contribution is 6.31. The summed E-state index contributed by atoms with van der Waals surface area (Å²) in [6, 6.07) is 8.29. The molecule has 0 fully saturated rings. The minimum absolute atomic E-state index is 0.212. The second-order valence-corrected chi connectivity index (χ2v) is 4.71. The lowest BCUT2D eigenvalue weighted by Crippen LogP contribution is -2.15. The van der Waals surface area contributed by atoms with Crippen molar-refractivity contribution in [1.82, 2.24) is 4.57 Å². The molecule has 0 saturated carbocycles. The Hall–Kier alpha value is -1.78. The third-order valence-corrected chi connectivity index (χ3v) is 3.39. The van der Waals surface area contributed by atoms with Gasteiger partial charge in [0.15, 0.2) is 5.75 Å². The zero-order valence-electron chi connectivity index (χ0n) is 10.4. The minimum atomic E-state index is -0.811. The Labute approximate surface area is 115 Å². The largest absolute Gasteiger partial charge is 0.503 e. The molecule has 0 unspecified atom stereocenters. The first-order valence-electron chi connectivity index (χ1n) is 5.82. The Morgan fingerprint density at radius 3 is 2.68 bits per heavy atom. The molecular weight excluding hydrogens is 266 g/mol. The number of aliphatic hydroxyl groups is 1. The summed E-state index contributed by atoms with van der Waals surface area (Å²) in [6.07, 6.45) is 0.728. The molecule has 0 aliphatic heterocycles. The van der Waals surface area contributed by atoms with Crippen LogP contribution >= 0.6 is 11.6 Å². The van der Waals surface area contributed by atoms with Crippen molar-refractivity contribution in [3.63, 3.8) is 0 Å². The molecule has 0 aliphatic rings. The first kappa shape index (κ1) is 13.6. The Balaban J connectivity index is 2.30. The zero-order chi connectivity index (χ0) is 14.0. The summed E-state index contributed by atoms with van der Waals surface area (Å²) >= 11 is 6.01. The van der Waals surface area contributed by atoms with Crippen molar-refractivity contribution in [3.8, 4) is 5.75 Å². The molecule has 1 aromatic carbocycles. The summed E-state index contributed by atoms with van der Waals surface area (Å²) in [5.74, 6) is -0.297. The molecule has 1 aromatic heterocycles. The molecule has 2 rings (SSSR count). The highest BCUT2D eigenvalue weighted by Gasteiger charge is 2.13. The number of halogens is 1. The number of aliphatic hydroxyl groups excluding tert-OH is 1. The SMILES string of the molecule is Cc1c(O)c(=O)ccn1C[C@@H](O)c1ccccc1Cl. The molecule has 0 saturated heterocycles. The van der Waals surface area contributed by atoms with Crippen molar-refractivity contribution in [2.24, 2.45) is 0 Å². The lowest BCUT2D eigenvalue weighted by molar-refractivity contribution is 0.155. The van der Waals surface area contributed by atoms with Crippen LogP contribution in [-0.4, -0.2) is 14.8 Å². The van der Waals surface area contributed by atoms with Gasteiger partial charge in [0.05, 0.1) is 18.3 Å². The molecule has 100 valence electrons. The van der Waals surface area contributed by atoms with Gasteiger partial charge in [0.2, 0.25) is 5.43 Å². The van der Waals surface area contributed by atoms with Crippen LogP contribution in [0.15, 0.2) is 41.3 Å². The van der Waals surface area contributed by atoms with E-state index >= 15 is 0 Å². The molecule has 0 spiro atoms. The summed E-state index contributed by atoms with van der Waals surface area (Å²) < 4.78 is 1.62. The molecule has 5 heteroatoms. The van der Waals surface area contributed by atoms with E-state index in [1.807, 2.05) is 0 Å². The summed E-state index contributed by atoms with van der Waals surface area (Å²) in [5, 5.41) is 20.2. The monoisotopic (exact) mass is 279 g/mol. The first-order valence-corrected chi connectivity index (χ1v) is 6.20. The van der Waals surface area contributed by atoms with Gasteiger partial charge in [0, 0.05) is 22.8 Å². The second-order valence-electron chi connectivity index (χ2n) is 4.30. The number of aromatic hydroxyl groups is 1. The van der Waals surface area contributed by atoms with Gasteiger partial charge in [-0.05, 0) is 13.0 Å². The minimum Gasteiger partial charge on any atom is -0.503 e. The molecule has 2 aromatic rings. The van der Waals surface area contributed by atoms with E-state index in [0.29, 0.717) is 16.3 Å². The van der Waals surface area contributed by atoms with Gasteiger partial charge in [-0.15, -0.1) is 0 Å². The van der Waals surface area contributed by atoms with Gasteiger partial charge < -0.3 is 14.8 Å². The van der Waals surface area contributed by atoms with E-state index < -0.39 is 11.5 Å². The lowest BCUT2D eigenvalue weighted by atomic mass is 10.1. The normalized spacial score (nSPS) is 12.4. The molecule has 19 heavy (non-hydrogen) atoms. The second kappa shape index (κ2) is 5.47. The van der Waals surface area contributed by atoms with Crippen molar-refractivity contribution in [2.45, 2.75) is 19.6 Å². The standard InChI is InChI=1S/C14H14ClNO3/c1-9-14(19)12(17)6-7-16(9)8-13(18)10-4-2-3-5-11(10)15/h2-7,13,18-19H,8H2,1H3/t13-/m1/s1. The van der Waals surface area contributed by atoms with Gasteiger partial charge in [0.25, 0.3) is 0 Å². The highest BCUT2D eigenvalue weighted by atomic mass is 35.5. The van der Waals surface area contributed by atoms with Gasteiger partial charge in [-0.2, -0.15) is 0 Å². The summed E-state index contributed by atoms with van der Waals surface area (Å²) in [4.78, 5) is 11.3. The predicted octanol–water partition coefficient (Wildman–Crippen LogP) is 2.25. The maximum atomic E-state index is 11.3.